The quantitative estimate of drug-likeness (QED) is 0.576. The van der Waals surface area contributed by atoms with E-state index in [9.17, 15) is 13.5 Å². The van der Waals surface area contributed by atoms with Crippen molar-refractivity contribution in [1.82, 2.24) is 4.90 Å². The molecule has 31 heavy (non-hydrogen) atoms. The van der Waals surface area contributed by atoms with Gasteiger partial charge in [-0.3, -0.25) is 4.90 Å². The number of benzene rings is 2. The third-order valence-electron chi connectivity index (χ3n) is 5.36. The third kappa shape index (κ3) is 7.10. The Hall–Kier alpha value is -1.80. The Balaban J connectivity index is 1.64. The minimum absolute atomic E-state index is 0.111. The Morgan fingerprint density at radius 1 is 1.16 bits per heavy atom. The number of halogens is 1. The first-order valence-corrected chi connectivity index (χ1v) is 12.7. The van der Waals surface area contributed by atoms with E-state index >= 15 is 0 Å². The highest BCUT2D eigenvalue weighted by atomic mass is 35.5. The van der Waals surface area contributed by atoms with Crippen molar-refractivity contribution in [2.75, 3.05) is 31.3 Å². The first-order valence-electron chi connectivity index (χ1n) is 10.5. The number of nitrogens with zero attached hydrogens (tertiary/aromatic N) is 1. The van der Waals surface area contributed by atoms with Gasteiger partial charge in [-0.15, -0.1) is 0 Å². The molecule has 3 rings (SSSR count). The molecule has 0 aromatic heterocycles. The lowest BCUT2D eigenvalue weighted by atomic mass is 10.1. The molecule has 0 bridgehead atoms. The van der Waals surface area contributed by atoms with E-state index in [1.165, 1.54) is 0 Å². The van der Waals surface area contributed by atoms with Gasteiger partial charge in [-0.25, -0.2) is 8.42 Å². The van der Waals surface area contributed by atoms with Crippen molar-refractivity contribution in [3.05, 3.63) is 58.6 Å². The predicted molar refractivity (Wildman–Crippen MR) is 123 cm³/mol. The maximum Gasteiger partial charge on any atom is 0.151 e. The average Bonchev–Trinajstić information content (AvgIpc) is 3.10. The van der Waals surface area contributed by atoms with Crippen LogP contribution in [0.1, 0.15) is 24.5 Å². The van der Waals surface area contributed by atoms with Crippen LogP contribution in [0, 0.1) is 6.92 Å². The molecule has 6 nitrogen and oxygen atoms in total. The normalized spacial score (nSPS) is 18.8. The van der Waals surface area contributed by atoms with Crippen molar-refractivity contribution in [1.29, 1.82) is 0 Å². The summed E-state index contributed by atoms with van der Waals surface area (Å²) in [6, 6.07) is 13.0. The van der Waals surface area contributed by atoms with Gasteiger partial charge in [0.1, 0.15) is 24.2 Å². The summed E-state index contributed by atoms with van der Waals surface area (Å²) in [7, 11) is -3.03. The van der Waals surface area contributed by atoms with Crippen LogP contribution in [-0.4, -0.2) is 61.8 Å². The van der Waals surface area contributed by atoms with Gasteiger partial charge in [0.15, 0.2) is 9.84 Å². The summed E-state index contributed by atoms with van der Waals surface area (Å²) in [5.41, 5.74) is 1.94. The molecule has 1 aliphatic heterocycles. The van der Waals surface area contributed by atoms with Crippen molar-refractivity contribution < 1.29 is 23.0 Å². The molecular weight excluding hydrogens is 438 g/mol. The highest BCUT2D eigenvalue weighted by molar-refractivity contribution is 7.91. The van der Waals surface area contributed by atoms with Crippen LogP contribution in [0.2, 0.25) is 5.02 Å². The largest absolute Gasteiger partial charge is 0.494 e. The molecule has 1 fully saturated rings. The Morgan fingerprint density at radius 3 is 2.48 bits per heavy atom. The molecule has 2 aromatic carbocycles. The Kier molecular flexibility index (Phi) is 8.22. The second kappa shape index (κ2) is 10.7. The SMILES string of the molecule is CCOc1ccc(CN(CC(O)COc2ccc(Cl)c(C)c2)C2CCS(=O)(=O)C2)cc1. The van der Waals surface area contributed by atoms with Gasteiger partial charge in [-0.2, -0.15) is 0 Å². The molecule has 8 heteroatoms. The standard InChI is InChI=1S/C23H30ClNO5S/c1-3-29-21-6-4-18(5-7-21)13-25(19-10-11-31(27,28)16-19)14-20(26)15-30-22-8-9-23(24)17(2)12-22/h4-9,12,19-20,26H,3,10-11,13-16H2,1-2H3. The van der Waals surface area contributed by atoms with Gasteiger partial charge in [0, 0.05) is 24.2 Å². The van der Waals surface area contributed by atoms with Gasteiger partial charge in [-0.05, 0) is 61.7 Å². The zero-order valence-corrected chi connectivity index (χ0v) is 19.5. The van der Waals surface area contributed by atoms with Gasteiger partial charge in [-0.1, -0.05) is 23.7 Å². The van der Waals surface area contributed by atoms with E-state index in [0.29, 0.717) is 36.9 Å². The summed E-state index contributed by atoms with van der Waals surface area (Å²) < 4.78 is 35.3. The van der Waals surface area contributed by atoms with E-state index in [4.69, 9.17) is 21.1 Å². The molecule has 0 saturated carbocycles. The molecule has 2 aromatic rings. The third-order valence-corrected chi connectivity index (χ3v) is 7.54. The molecule has 0 spiro atoms. The van der Waals surface area contributed by atoms with Gasteiger partial charge >= 0.3 is 0 Å². The molecule has 1 N–H and O–H groups in total. The number of rotatable bonds is 10. The van der Waals surface area contributed by atoms with E-state index in [1.54, 1.807) is 12.1 Å². The van der Waals surface area contributed by atoms with Crippen molar-refractivity contribution in [2.45, 2.75) is 39.0 Å². The predicted octanol–water partition coefficient (Wildman–Crippen LogP) is 3.48. The Labute approximate surface area is 189 Å². The number of hydrogen-bond acceptors (Lipinski definition) is 6. The van der Waals surface area contributed by atoms with Crippen molar-refractivity contribution in [2.24, 2.45) is 0 Å². The lowest BCUT2D eigenvalue weighted by molar-refractivity contribution is 0.0524. The molecule has 2 atom stereocenters. The van der Waals surface area contributed by atoms with Crippen LogP contribution in [0.15, 0.2) is 42.5 Å². The molecule has 0 aliphatic carbocycles. The van der Waals surface area contributed by atoms with Gasteiger partial charge in [0.25, 0.3) is 0 Å². The molecule has 0 radical (unpaired) electrons. The fourth-order valence-electron chi connectivity index (χ4n) is 3.72. The zero-order valence-electron chi connectivity index (χ0n) is 18.0. The van der Waals surface area contributed by atoms with Crippen LogP contribution >= 0.6 is 11.6 Å². The maximum atomic E-state index is 12.0. The van der Waals surface area contributed by atoms with E-state index in [1.807, 2.05) is 49.1 Å². The summed E-state index contributed by atoms with van der Waals surface area (Å²) >= 11 is 6.04. The first-order chi connectivity index (χ1) is 14.8. The van der Waals surface area contributed by atoms with Crippen molar-refractivity contribution in [3.63, 3.8) is 0 Å². The van der Waals surface area contributed by atoms with Crippen LogP contribution in [-0.2, 0) is 16.4 Å². The molecule has 1 saturated heterocycles. The number of aliphatic hydroxyl groups is 1. The molecular formula is C23H30ClNO5S. The van der Waals surface area contributed by atoms with Crippen LogP contribution in [0.4, 0.5) is 0 Å². The monoisotopic (exact) mass is 467 g/mol. The fraction of sp³-hybridized carbons (Fsp3) is 0.478. The summed E-state index contributed by atoms with van der Waals surface area (Å²) in [5.74, 6) is 1.75. The van der Waals surface area contributed by atoms with E-state index < -0.39 is 15.9 Å². The van der Waals surface area contributed by atoms with Gasteiger partial charge in [0.05, 0.1) is 18.1 Å². The number of hydrogen-bond donors (Lipinski definition) is 1. The lowest BCUT2D eigenvalue weighted by Crippen LogP contribution is -2.42. The molecule has 1 aliphatic rings. The number of aliphatic hydroxyl groups excluding tert-OH is 1. The van der Waals surface area contributed by atoms with Gasteiger partial charge in [0.2, 0.25) is 0 Å². The van der Waals surface area contributed by atoms with Crippen molar-refractivity contribution >= 4 is 21.4 Å². The number of ether oxygens (including phenoxy) is 2. The summed E-state index contributed by atoms with van der Waals surface area (Å²) in [4.78, 5) is 2.04. The maximum absolute atomic E-state index is 12.0. The minimum Gasteiger partial charge on any atom is -0.494 e. The zero-order chi connectivity index (χ0) is 22.4. The summed E-state index contributed by atoms with van der Waals surface area (Å²) in [5, 5.41) is 11.3. The van der Waals surface area contributed by atoms with Crippen LogP contribution in [0.25, 0.3) is 0 Å². The highest BCUT2D eigenvalue weighted by Gasteiger charge is 2.33. The van der Waals surface area contributed by atoms with E-state index in [-0.39, 0.29) is 24.2 Å². The number of aryl methyl sites for hydroxylation is 1. The topological polar surface area (TPSA) is 76.1 Å². The Bertz CT molecular complexity index is 964. The smallest absolute Gasteiger partial charge is 0.151 e. The lowest BCUT2D eigenvalue weighted by Gasteiger charge is -2.30. The second-order valence-corrected chi connectivity index (χ2v) is 10.6. The molecule has 2 unspecified atom stereocenters. The molecule has 0 amide bonds. The van der Waals surface area contributed by atoms with Crippen LogP contribution < -0.4 is 9.47 Å². The van der Waals surface area contributed by atoms with E-state index in [2.05, 4.69) is 0 Å². The van der Waals surface area contributed by atoms with Crippen molar-refractivity contribution in [3.8, 4) is 11.5 Å². The molecule has 170 valence electrons. The Morgan fingerprint density at radius 2 is 1.87 bits per heavy atom. The van der Waals surface area contributed by atoms with Crippen LogP contribution in [0.3, 0.4) is 0 Å². The summed E-state index contributed by atoms with van der Waals surface area (Å²) in [6.07, 6.45) is -0.189. The van der Waals surface area contributed by atoms with E-state index in [0.717, 1.165) is 16.9 Å². The van der Waals surface area contributed by atoms with Gasteiger partial charge < -0.3 is 14.6 Å². The second-order valence-electron chi connectivity index (χ2n) is 7.94. The average molecular weight is 468 g/mol. The first kappa shape index (κ1) is 23.9. The highest BCUT2D eigenvalue weighted by Crippen LogP contribution is 2.23. The fourth-order valence-corrected chi connectivity index (χ4v) is 5.60. The minimum atomic E-state index is -3.03. The summed E-state index contributed by atoms with van der Waals surface area (Å²) in [6.45, 7) is 5.41. The number of sulfone groups is 1. The van der Waals surface area contributed by atoms with Crippen LogP contribution in [0.5, 0.6) is 11.5 Å². The molecule has 1 heterocycles.